The molecule has 0 radical (unpaired) electrons. The summed E-state index contributed by atoms with van der Waals surface area (Å²) >= 11 is 0. The smallest absolute Gasteiger partial charge is 0.307 e. The number of ether oxygens (including phenoxy) is 1. The molecular weight excluding hydrogens is 380 g/mol. The highest BCUT2D eigenvalue weighted by Crippen LogP contribution is 2.13. The number of anilines is 1. The molecule has 2 aromatic carbocycles. The molecule has 0 aliphatic carbocycles. The third kappa shape index (κ3) is 6.79. The Bertz CT molecular complexity index is 933. The fourth-order valence-corrected chi connectivity index (χ4v) is 3.58. The lowest BCUT2D eigenvalue weighted by Crippen LogP contribution is -2.28. The van der Waals surface area contributed by atoms with Crippen LogP contribution in [0.4, 0.5) is 5.69 Å². The van der Waals surface area contributed by atoms with Crippen molar-refractivity contribution in [3.63, 3.8) is 0 Å². The summed E-state index contributed by atoms with van der Waals surface area (Å²) in [7, 11) is -3.69. The maximum absolute atomic E-state index is 12.1. The molecule has 2 aromatic rings. The summed E-state index contributed by atoms with van der Waals surface area (Å²) in [6, 6.07) is 12.0. The Kier molecular flexibility index (Phi) is 7.31. The number of esters is 1. The largest absolute Gasteiger partial charge is 0.456 e. The second kappa shape index (κ2) is 9.48. The molecule has 2 N–H and O–H groups in total. The third-order valence-electron chi connectivity index (χ3n) is 3.82. The molecule has 0 heterocycles. The number of benzene rings is 2. The maximum Gasteiger partial charge on any atom is 0.307 e. The van der Waals surface area contributed by atoms with Crippen molar-refractivity contribution < 1.29 is 22.7 Å². The molecule has 0 aliphatic rings. The van der Waals surface area contributed by atoms with E-state index >= 15 is 0 Å². The van der Waals surface area contributed by atoms with Crippen LogP contribution in [0.15, 0.2) is 47.4 Å². The number of nitrogens with one attached hydrogen (secondary N) is 2. The summed E-state index contributed by atoms with van der Waals surface area (Å²) in [5.41, 5.74) is 3.59. The van der Waals surface area contributed by atoms with Gasteiger partial charge in [0.1, 0.15) is 0 Å². The molecule has 28 heavy (non-hydrogen) atoms. The second-order valence-electron chi connectivity index (χ2n) is 6.55. The third-order valence-corrected chi connectivity index (χ3v) is 5.30. The van der Waals surface area contributed by atoms with Gasteiger partial charge in [0.05, 0.1) is 11.3 Å². The minimum absolute atomic E-state index is 0.117. The van der Waals surface area contributed by atoms with E-state index in [-0.39, 0.29) is 17.9 Å². The first-order valence-electron chi connectivity index (χ1n) is 8.76. The molecule has 0 spiro atoms. The quantitative estimate of drug-likeness (QED) is 0.658. The lowest BCUT2D eigenvalue weighted by atomic mass is 10.1. The molecule has 8 heteroatoms. The number of aryl methyl sites for hydroxylation is 3. The van der Waals surface area contributed by atoms with Crippen LogP contribution in [-0.2, 0) is 24.3 Å². The summed E-state index contributed by atoms with van der Waals surface area (Å²) in [5, 5.41) is 2.66. The van der Waals surface area contributed by atoms with Crippen LogP contribution in [0.3, 0.4) is 0 Å². The van der Waals surface area contributed by atoms with E-state index in [1.165, 1.54) is 12.1 Å². The molecule has 150 valence electrons. The number of sulfonamides is 1. The van der Waals surface area contributed by atoms with Crippen LogP contribution in [0.2, 0.25) is 0 Å². The van der Waals surface area contributed by atoms with Gasteiger partial charge in [-0.2, -0.15) is 0 Å². The predicted octanol–water partition coefficient (Wildman–Crippen LogP) is 2.46. The first-order chi connectivity index (χ1) is 13.2. The van der Waals surface area contributed by atoms with E-state index in [1.54, 1.807) is 12.1 Å². The lowest BCUT2D eigenvalue weighted by molar-refractivity contribution is -0.147. The van der Waals surface area contributed by atoms with Crippen molar-refractivity contribution in [3.8, 4) is 0 Å². The Morgan fingerprint density at radius 1 is 0.929 bits per heavy atom. The average Bonchev–Trinajstić information content (AvgIpc) is 2.59. The van der Waals surface area contributed by atoms with Crippen LogP contribution >= 0.6 is 0 Å². The van der Waals surface area contributed by atoms with Gasteiger partial charge in [0.2, 0.25) is 10.0 Å². The summed E-state index contributed by atoms with van der Waals surface area (Å²) in [6.07, 6.45) is -0.179. The van der Waals surface area contributed by atoms with Gasteiger partial charge in [0.25, 0.3) is 5.91 Å². The predicted molar refractivity (Wildman–Crippen MR) is 106 cm³/mol. The van der Waals surface area contributed by atoms with Gasteiger partial charge >= 0.3 is 5.97 Å². The van der Waals surface area contributed by atoms with E-state index in [9.17, 15) is 18.0 Å². The molecule has 0 atom stereocenters. The van der Waals surface area contributed by atoms with Gasteiger partial charge in [-0.15, -0.1) is 0 Å². The summed E-state index contributed by atoms with van der Waals surface area (Å²) < 4.78 is 31.5. The van der Waals surface area contributed by atoms with Crippen molar-refractivity contribution >= 4 is 27.6 Å². The maximum atomic E-state index is 12.1. The zero-order valence-corrected chi connectivity index (χ0v) is 16.9. The number of hydrogen-bond acceptors (Lipinski definition) is 5. The van der Waals surface area contributed by atoms with E-state index in [0.29, 0.717) is 5.69 Å². The fourth-order valence-electron chi connectivity index (χ4n) is 2.55. The van der Waals surface area contributed by atoms with Crippen LogP contribution in [0, 0.1) is 20.8 Å². The molecule has 2 rings (SSSR count). The molecule has 1 amide bonds. The van der Waals surface area contributed by atoms with Crippen LogP contribution < -0.4 is 10.0 Å². The summed E-state index contributed by atoms with van der Waals surface area (Å²) in [4.78, 5) is 23.7. The zero-order chi connectivity index (χ0) is 20.7. The molecular formula is C20H24N2O5S. The van der Waals surface area contributed by atoms with Crippen molar-refractivity contribution in [1.82, 2.24) is 4.72 Å². The molecule has 0 aromatic heterocycles. The molecule has 0 bridgehead atoms. The van der Waals surface area contributed by atoms with E-state index in [2.05, 4.69) is 10.0 Å². The topological polar surface area (TPSA) is 102 Å². The number of hydrogen-bond donors (Lipinski definition) is 2. The second-order valence-corrected chi connectivity index (χ2v) is 8.31. The molecule has 0 fully saturated rings. The highest BCUT2D eigenvalue weighted by atomic mass is 32.2. The van der Waals surface area contributed by atoms with Crippen LogP contribution in [-0.4, -0.2) is 33.4 Å². The summed E-state index contributed by atoms with van der Waals surface area (Å²) in [6.45, 7) is 5.14. The van der Waals surface area contributed by atoms with E-state index in [0.717, 1.165) is 16.7 Å². The Labute approximate surface area is 165 Å². The van der Waals surface area contributed by atoms with Crippen molar-refractivity contribution in [1.29, 1.82) is 0 Å². The highest BCUT2D eigenvalue weighted by molar-refractivity contribution is 7.89. The average molecular weight is 404 g/mol. The SMILES string of the molecule is Cc1ccc(S(=O)(=O)NCCC(=O)OCC(=O)Nc2cc(C)cc(C)c2)cc1. The fraction of sp³-hybridized carbons (Fsp3) is 0.300. The van der Waals surface area contributed by atoms with Crippen LogP contribution in [0.1, 0.15) is 23.1 Å². The van der Waals surface area contributed by atoms with Crippen molar-refractivity contribution in [2.75, 3.05) is 18.5 Å². The highest BCUT2D eigenvalue weighted by Gasteiger charge is 2.15. The Morgan fingerprint density at radius 3 is 2.14 bits per heavy atom. The van der Waals surface area contributed by atoms with E-state index in [4.69, 9.17) is 4.74 Å². The van der Waals surface area contributed by atoms with Gasteiger partial charge in [0, 0.05) is 12.2 Å². The van der Waals surface area contributed by atoms with Gasteiger partial charge in [0.15, 0.2) is 6.61 Å². The van der Waals surface area contributed by atoms with Crippen LogP contribution in [0.25, 0.3) is 0 Å². The lowest BCUT2D eigenvalue weighted by Gasteiger charge is -2.09. The Hall–Kier alpha value is -2.71. The van der Waals surface area contributed by atoms with Gasteiger partial charge in [-0.25, -0.2) is 13.1 Å². The van der Waals surface area contributed by atoms with Crippen molar-refractivity contribution in [2.24, 2.45) is 0 Å². The Balaban J connectivity index is 1.75. The minimum atomic E-state index is -3.69. The molecule has 0 aliphatic heterocycles. The molecule has 0 saturated carbocycles. The molecule has 0 unspecified atom stereocenters. The molecule has 7 nitrogen and oxygen atoms in total. The number of carbonyl (C=O) groups excluding carboxylic acids is 2. The first kappa shape index (κ1) is 21.6. The number of carbonyl (C=O) groups is 2. The first-order valence-corrected chi connectivity index (χ1v) is 10.2. The number of rotatable bonds is 8. The minimum Gasteiger partial charge on any atom is -0.456 e. The van der Waals surface area contributed by atoms with Gasteiger partial charge in [-0.3, -0.25) is 9.59 Å². The van der Waals surface area contributed by atoms with E-state index in [1.807, 2.05) is 39.0 Å². The standard InChI is InChI=1S/C20H24N2O5S/c1-14-4-6-18(7-5-14)28(25,26)21-9-8-20(24)27-13-19(23)22-17-11-15(2)10-16(3)12-17/h4-7,10-12,21H,8-9,13H2,1-3H3,(H,22,23). The van der Waals surface area contributed by atoms with Gasteiger partial charge < -0.3 is 10.1 Å². The van der Waals surface area contributed by atoms with Crippen molar-refractivity contribution in [2.45, 2.75) is 32.1 Å². The van der Waals surface area contributed by atoms with Gasteiger partial charge in [-0.05, 0) is 56.2 Å². The van der Waals surface area contributed by atoms with Crippen LogP contribution in [0.5, 0.6) is 0 Å². The monoisotopic (exact) mass is 404 g/mol. The zero-order valence-electron chi connectivity index (χ0n) is 16.1. The summed E-state index contributed by atoms with van der Waals surface area (Å²) in [5.74, 6) is -1.12. The number of amides is 1. The normalized spacial score (nSPS) is 11.1. The van der Waals surface area contributed by atoms with Crippen molar-refractivity contribution in [3.05, 3.63) is 59.2 Å². The van der Waals surface area contributed by atoms with Gasteiger partial charge in [-0.1, -0.05) is 23.8 Å². The van der Waals surface area contributed by atoms with E-state index < -0.39 is 28.5 Å². The molecule has 0 saturated heterocycles. The Morgan fingerprint density at radius 2 is 1.54 bits per heavy atom.